The number of rotatable bonds is 8. The van der Waals surface area contributed by atoms with Gasteiger partial charge >= 0.3 is 0 Å². The normalized spacial score (nSPS) is 10.8. The number of furan rings is 1. The number of aryl methyl sites for hydroxylation is 1. The summed E-state index contributed by atoms with van der Waals surface area (Å²) >= 11 is 1.33. The molecular weight excluding hydrogens is 398 g/mol. The molecule has 3 heterocycles. The Hall–Kier alpha value is -3.39. The third-order valence-electron chi connectivity index (χ3n) is 4.50. The van der Waals surface area contributed by atoms with Crippen LogP contribution in [0.1, 0.15) is 18.2 Å². The van der Waals surface area contributed by atoms with Gasteiger partial charge in [0.25, 0.3) is 0 Å². The number of benzene rings is 1. The molecule has 30 heavy (non-hydrogen) atoms. The van der Waals surface area contributed by atoms with E-state index in [1.54, 1.807) is 18.5 Å². The summed E-state index contributed by atoms with van der Waals surface area (Å²) in [6.45, 7) is 2.48. The first-order valence-electron chi connectivity index (χ1n) is 9.62. The first-order chi connectivity index (χ1) is 14.7. The molecule has 0 spiro atoms. The summed E-state index contributed by atoms with van der Waals surface area (Å²) in [5, 5.41) is 12.2. The van der Waals surface area contributed by atoms with Crippen LogP contribution in [0.2, 0.25) is 0 Å². The van der Waals surface area contributed by atoms with E-state index in [2.05, 4.69) is 39.6 Å². The van der Waals surface area contributed by atoms with E-state index >= 15 is 0 Å². The molecular formula is C22H21N5O2S. The first kappa shape index (κ1) is 19.9. The van der Waals surface area contributed by atoms with Crippen LogP contribution in [-0.4, -0.2) is 31.4 Å². The minimum atomic E-state index is -0.105. The van der Waals surface area contributed by atoms with E-state index < -0.39 is 0 Å². The Morgan fingerprint density at radius 3 is 2.67 bits per heavy atom. The summed E-state index contributed by atoms with van der Waals surface area (Å²) in [5.41, 5.74) is 2.90. The van der Waals surface area contributed by atoms with Crippen molar-refractivity contribution in [1.82, 2.24) is 25.1 Å². The lowest BCUT2D eigenvalue weighted by Gasteiger charge is -2.10. The Labute approximate surface area is 178 Å². The minimum absolute atomic E-state index is 0.105. The molecule has 0 unspecified atom stereocenters. The lowest BCUT2D eigenvalue weighted by molar-refractivity contribution is -0.118. The SMILES string of the molecule is CCc1ccc(-n2c(SCC(=O)NCc3ccco3)nnc2-c2ccccn2)cc1. The molecule has 3 aromatic heterocycles. The number of nitrogens with zero attached hydrogens (tertiary/aromatic N) is 4. The molecule has 0 fully saturated rings. The second-order valence-corrected chi connectivity index (χ2v) is 7.46. The van der Waals surface area contributed by atoms with Crippen molar-refractivity contribution in [2.75, 3.05) is 5.75 Å². The lowest BCUT2D eigenvalue weighted by atomic mass is 10.1. The van der Waals surface area contributed by atoms with Gasteiger partial charge in [0, 0.05) is 11.9 Å². The predicted molar refractivity (Wildman–Crippen MR) is 115 cm³/mol. The molecule has 0 atom stereocenters. The molecule has 0 saturated heterocycles. The molecule has 0 radical (unpaired) electrons. The number of thioether (sulfide) groups is 1. The maximum absolute atomic E-state index is 12.3. The van der Waals surface area contributed by atoms with Gasteiger partial charge in [0.15, 0.2) is 11.0 Å². The number of pyridine rings is 1. The van der Waals surface area contributed by atoms with E-state index in [1.165, 1.54) is 17.3 Å². The van der Waals surface area contributed by atoms with Crippen LogP contribution < -0.4 is 5.32 Å². The molecule has 0 saturated carbocycles. The largest absolute Gasteiger partial charge is 0.467 e. The molecule has 0 aliphatic heterocycles. The monoisotopic (exact) mass is 419 g/mol. The third kappa shape index (κ3) is 4.60. The van der Waals surface area contributed by atoms with Crippen molar-refractivity contribution in [1.29, 1.82) is 0 Å². The van der Waals surface area contributed by atoms with Crippen LogP contribution in [0.4, 0.5) is 0 Å². The van der Waals surface area contributed by atoms with Crippen LogP contribution in [0.5, 0.6) is 0 Å². The second-order valence-electron chi connectivity index (χ2n) is 6.52. The van der Waals surface area contributed by atoms with Crippen molar-refractivity contribution in [2.24, 2.45) is 0 Å². The molecule has 8 heteroatoms. The minimum Gasteiger partial charge on any atom is -0.467 e. The van der Waals surface area contributed by atoms with Crippen LogP contribution in [0, 0.1) is 0 Å². The van der Waals surface area contributed by atoms with Gasteiger partial charge in [-0.3, -0.25) is 14.3 Å². The molecule has 4 aromatic rings. The molecule has 1 N–H and O–H groups in total. The zero-order chi connectivity index (χ0) is 20.8. The highest BCUT2D eigenvalue weighted by molar-refractivity contribution is 7.99. The predicted octanol–water partition coefficient (Wildman–Crippen LogP) is 3.89. The van der Waals surface area contributed by atoms with Gasteiger partial charge in [0.1, 0.15) is 11.5 Å². The Balaban J connectivity index is 1.56. The van der Waals surface area contributed by atoms with Crippen LogP contribution >= 0.6 is 11.8 Å². The number of nitrogens with one attached hydrogen (secondary N) is 1. The number of hydrogen-bond acceptors (Lipinski definition) is 6. The van der Waals surface area contributed by atoms with Gasteiger partial charge in [-0.25, -0.2) is 0 Å². The Morgan fingerprint density at radius 1 is 1.10 bits per heavy atom. The van der Waals surface area contributed by atoms with Crippen LogP contribution in [0.15, 0.2) is 76.6 Å². The Kier molecular flexibility index (Phi) is 6.24. The summed E-state index contributed by atoms with van der Waals surface area (Å²) in [6.07, 6.45) is 4.28. The van der Waals surface area contributed by atoms with E-state index in [0.29, 0.717) is 23.3 Å². The molecule has 4 rings (SSSR count). The van der Waals surface area contributed by atoms with Crippen LogP contribution in [0.25, 0.3) is 17.2 Å². The summed E-state index contributed by atoms with van der Waals surface area (Å²) in [6, 6.07) is 17.5. The van der Waals surface area contributed by atoms with E-state index in [1.807, 2.05) is 41.0 Å². The van der Waals surface area contributed by atoms with Gasteiger partial charge in [-0.1, -0.05) is 36.9 Å². The summed E-state index contributed by atoms with van der Waals surface area (Å²) in [4.78, 5) is 16.7. The smallest absolute Gasteiger partial charge is 0.230 e. The van der Waals surface area contributed by atoms with Crippen molar-refractivity contribution in [2.45, 2.75) is 25.0 Å². The number of hydrogen-bond donors (Lipinski definition) is 1. The van der Waals surface area contributed by atoms with Crippen molar-refractivity contribution in [3.05, 3.63) is 78.4 Å². The van der Waals surface area contributed by atoms with Gasteiger partial charge < -0.3 is 9.73 Å². The van der Waals surface area contributed by atoms with Gasteiger partial charge in [0.2, 0.25) is 5.91 Å². The fraction of sp³-hybridized carbons (Fsp3) is 0.182. The topological polar surface area (TPSA) is 85.8 Å². The fourth-order valence-electron chi connectivity index (χ4n) is 2.92. The van der Waals surface area contributed by atoms with Crippen LogP contribution in [0.3, 0.4) is 0 Å². The van der Waals surface area contributed by atoms with Crippen LogP contribution in [-0.2, 0) is 17.8 Å². The van der Waals surface area contributed by atoms with E-state index in [9.17, 15) is 4.79 Å². The standard InChI is InChI=1S/C22H21N5O2S/c1-2-16-8-10-17(11-9-16)27-21(19-7-3-4-12-23-19)25-26-22(27)30-15-20(28)24-14-18-6-5-13-29-18/h3-13H,2,14-15H2,1H3,(H,24,28). The first-order valence-corrected chi connectivity index (χ1v) is 10.6. The molecule has 0 aliphatic rings. The van der Waals surface area contributed by atoms with E-state index in [-0.39, 0.29) is 11.7 Å². The molecule has 1 aromatic carbocycles. The van der Waals surface area contributed by atoms with E-state index in [0.717, 1.165) is 17.8 Å². The number of amides is 1. The lowest BCUT2D eigenvalue weighted by Crippen LogP contribution is -2.24. The summed E-state index contributed by atoms with van der Waals surface area (Å²) in [7, 11) is 0. The number of carbonyl (C=O) groups is 1. The van der Waals surface area contributed by atoms with Crippen molar-refractivity contribution in [3.8, 4) is 17.2 Å². The highest BCUT2D eigenvalue weighted by atomic mass is 32.2. The Bertz CT molecular complexity index is 1090. The third-order valence-corrected chi connectivity index (χ3v) is 5.43. The molecule has 7 nitrogen and oxygen atoms in total. The van der Waals surface area contributed by atoms with Gasteiger partial charge in [-0.05, 0) is 48.4 Å². The van der Waals surface area contributed by atoms with Gasteiger partial charge in [0.05, 0.1) is 18.6 Å². The maximum Gasteiger partial charge on any atom is 0.230 e. The van der Waals surface area contributed by atoms with Crippen molar-refractivity contribution in [3.63, 3.8) is 0 Å². The molecule has 1 amide bonds. The highest BCUT2D eigenvalue weighted by Crippen LogP contribution is 2.27. The zero-order valence-electron chi connectivity index (χ0n) is 16.5. The molecule has 152 valence electrons. The van der Waals surface area contributed by atoms with Crippen molar-refractivity contribution >= 4 is 17.7 Å². The Morgan fingerprint density at radius 2 is 1.97 bits per heavy atom. The molecule has 0 aliphatic carbocycles. The second kappa shape index (κ2) is 9.41. The van der Waals surface area contributed by atoms with E-state index in [4.69, 9.17) is 4.42 Å². The summed E-state index contributed by atoms with van der Waals surface area (Å²) in [5.74, 6) is 1.46. The molecule has 0 bridgehead atoms. The maximum atomic E-state index is 12.3. The quantitative estimate of drug-likeness (QED) is 0.436. The van der Waals surface area contributed by atoms with Gasteiger partial charge in [-0.15, -0.1) is 10.2 Å². The fourth-order valence-corrected chi connectivity index (χ4v) is 3.70. The average Bonchev–Trinajstić information content (AvgIpc) is 3.47. The van der Waals surface area contributed by atoms with Crippen molar-refractivity contribution < 1.29 is 9.21 Å². The highest BCUT2D eigenvalue weighted by Gasteiger charge is 2.18. The number of aromatic nitrogens is 4. The zero-order valence-corrected chi connectivity index (χ0v) is 17.3. The average molecular weight is 420 g/mol. The number of carbonyl (C=O) groups excluding carboxylic acids is 1. The summed E-state index contributed by atoms with van der Waals surface area (Å²) < 4.78 is 7.18. The van der Waals surface area contributed by atoms with Gasteiger partial charge in [-0.2, -0.15) is 0 Å².